The summed E-state index contributed by atoms with van der Waals surface area (Å²) >= 11 is 1.79. The Kier molecular flexibility index (Phi) is 7.11. The predicted molar refractivity (Wildman–Crippen MR) is 120 cm³/mol. The zero-order chi connectivity index (χ0) is 18.6. The van der Waals surface area contributed by atoms with E-state index in [2.05, 4.69) is 53.9 Å². The van der Waals surface area contributed by atoms with Gasteiger partial charge in [0, 0.05) is 30.1 Å². The number of halogens is 1. The van der Waals surface area contributed by atoms with Gasteiger partial charge in [-0.25, -0.2) is 0 Å². The lowest BCUT2D eigenvalue weighted by Gasteiger charge is -2.17. The van der Waals surface area contributed by atoms with Gasteiger partial charge < -0.3 is 10.6 Å². The minimum absolute atomic E-state index is 0. The number of carbonyl (C=O) groups is 1. The molecule has 0 bridgehead atoms. The molecule has 28 heavy (non-hydrogen) atoms. The fraction of sp³-hybridized carbons (Fsp3) is 0.348. The lowest BCUT2D eigenvalue weighted by atomic mass is 9.89. The summed E-state index contributed by atoms with van der Waals surface area (Å²) in [4.78, 5) is 14.8. The molecule has 1 aromatic heterocycles. The van der Waals surface area contributed by atoms with Gasteiger partial charge in [-0.2, -0.15) is 0 Å². The van der Waals surface area contributed by atoms with Crippen LogP contribution in [0.2, 0.25) is 0 Å². The van der Waals surface area contributed by atoms with Gasteiger partial charge in [0.15, 0.2) is 0 Å². The summed E-state index contributed by atoms with van der Waals surface area (Å²) < 4.78 is 1.33. The van der Waals surface area contributed by atoms with E-state index < -0.39 is 0 Å². The number of rotatable bonds is 6. The first kappa shape index (κ1) is 20.8. The standard InChI is InChI=1S/C23H26N2OS.ClH/c24-13-19-14-25(15-21(19)17-7-2-1-3-8-17)23(26)12-6-9-18-16-27-22-11-5-4-10-20(18)22;/h1-5,7-8,10-11,16,19,21H,6,9,12-15,24H2;1H/t19-,21+;/m1./s1. The van der Waals surface area contributed by atoms with Crippen LogP contribution >= 0.6 is 23.7 Å². The van der Waals surface area contributed by atoms with Gasteiger partial charge in [0.1, 0.15) is 0 Å². The lowest BCUT2D eigenvalue weighted by Crippen LogP contribution is -2.29. The first-order valence-electron chi connectivity index (χ1n) is 9.74. The molecule has 0 saturated carbocycles. The van der Waals surface area contributed by atoms with Crippen molar-refractivity contribution in [1.29, 1.82) is 0 Å². The summed E-state index contributed by atoms with van der Waals surface area (Å²) in [7, 11) is 0. The number of likely N-dealkylation sites (tertiary alicyclic amines) is 1. The molecule has 0 aliphatic carbocycles. The number of hydrogen-bond acceptors (Lipinski definition) is 3. The largest absolute Gasteiger partial charge is 0.342 e. The molecule has 4 rings (SSSR count). The maximum absolute atomic E-state index is 12.8. The molecule has 2 heterocycles. The Morgan fingerprint density at radius 3 is 2.61 bits per heavy atom. The molecule has 2 aromatic carbocycles. The normalized spacial score (nSPS) is 19.0. The number of thiophene rings is 1. The third-order valence-corrected chi connectivity index (χ3v) is 6.73. The van der Waals surface area contributed by atoms with E-state index in [1.165, 1.54) is 21.2 Å². The highest BCUT2D eigenvalue weighted by Crippen LogP contribution is 2.32. The molecule has 2 atom stereocenters. The Labute approximate surface area is 177 Å². The highest BCUT2D eigenvalue weighted by molar-refractivity contribution is 7.17. The molecular weight excluding hydrogens is 388 g/mol. The summed E-state index contributed by atoms with van der Waals surface area (Å²) in [5.74, 6) is 0.990. The van der Waals surface area contributed by atoms with Crippen molar-refractivity contribution >= 4 is 39.7 Å². The van der Waals surface area contributed by atoms with E-state index in [0.717, 1.165) is 25.9 Å². The van der Waals surface area contributed by atoms with E-state index in [0.29, 0.717) is 24.8 Å². The van der Waals surface area contributed by atoms with E-state index >= 15 is 0 Å². The van der Waals surface area contributed by atoms with E-state index in [1.54, 1.807) is 11.3 Å². The Balaban J connectivity index is 0.00000225. The Hall–Kier alpha value is -1.88. The van der Waals surface area contributed by atoms with Crippen LogP contribution in [0, 0.1) is 5.92 Å². The summed E-state index contributed by atoms with van der Waals surface area (Å²) in [5, 5.41) is 3.57. The fourth-order valence-electron chi connectivity index (χ4n) is 4.21. The number of nitrogens with zero attached hydrogens (tertiary/aromatic N) is 1. The van der Waals surface area contributed by atoms with Gasteiger partial charge in [-0.3, -0.25) is 4.79 Å². The van der Waals surface area contributed by atoms with Gasteiger partial charge in [-0.05, 0) is 53.3 Å². The van der Waals surface area contributed by atoms with Crippen LogP contribution in [-0.4, -0.2) is 30.4 Å². The van der Waals surface area contributed by atoms with Crippen LogP contribution in [0.1, 0.15) is 29.9 Å². The van der Waals surface area contributed by atoms with Crippen molar-refractivity contribution in [3.63, 3.8) is 0 Å². The number of fused-ring (bicyclic) bond motifs is 1. The first-order chi connectivity index (χ1) is 13.3. The minimum Gasteiger partial charge on any atom is -0.342 e. The molecule has 3 nitrogen and oxygen atoms in total. The van der Waals surface area contributed by atoms with Crippen LogP contribution < -0.4 is 5.73 Å². The minimum atomic E-state index is 0. The van der Waals surface area contributed by atoms with Crippen LogP contribution in [0.4, 0.5) is 0 Å². The third kappa shape index (κ3) is 4.40. The molecule has 1 aliphatic rings. The monoisotopic (exact) mass is 414 g/mol. The quantitative estimate of drug-likeness (QED) is 0.626. The van der Waals surface area contributed by atoms with Crippen LogP contribution in [0.15, 0.2) is 60.0 Å². The average molecular weight is 415 g/mol. The molecule has 0 spiro atoms. The van der Waals surface area contributed by atoms with E-state index in [4.69, 9.17) is 5.73 Å². The molecule has 2 N–H and O–H groups in total. The number of aryl methyl sites for hydroxylation is 1. The summed E-state index contributed by atoms with van der Waals surface area (Å²) in [6, 6.07) is 19.0. The van der Waals surface area contributed by atoms with Gasteiger partial charge in [-0.15, -0.1) is 23.7 Å². The first-order valence-corrected chi connectivity index (χ1v) is 10.6. The maximum atomic E-state index is 12.8. The summed E-state index contributed by atoms with van der Waals surface area (Å²) in [6.07, 6.45) is 2.48. The van der Waals surface area contributed by atoms with Crippen molar-refractivity contribution in [2.24, 2.45) is 11.7 Å². The highest BCUT2D eigenvalue weighted by atomic mass is 35.5. The van der Waals surface area contributed by atoms with Crippen LogP contribution in [-0.2, 0) is 11.2 Å². The van der Waals surface area contributed by atoms with E-state index in [1.807, 2.05) is 11.0 Å². The molecule has 148 valence electrons. The number of nitrogens with two attached hydrogens (primary N) is 1. The lowest BCUT2D eigenvalue weighted by molar-refractivity contribution is -0.130. The molecule has 1 aliphatic heterocycles. The molecule has 0 radical (unpaired) electrons. The molecule has 1 fully saturated rings. The number of carbonyl (C=O) groups excluding carboxylic acids is 1. The van der Waals surface area contributed by atoms with Gasteiger partial charge >= 0.3 is 0 Å². The van der Waals surface area contributed by atoms with Crippen LogP contribution in [0.3, 0.4) is 0 Å². The Morgan fingerprint density at radius 2 is 1.82 bits per heavy atom. The number of hydrogen-bond donors (Lipinski definition) is 1. The van der Waals surface area contributed by atoms with Crippen molar-refractivity contribution in [1.82, 2.24) is 4.90 Å². The van der Waals surface area contributed by atoms with Crippen molar-refractivity contribution in [2.45, 2.75) is 25.2 Å². The highest BCUT2D eigenvalue weighted by Gasteiger charge is 2.34. The maximum Gasteiger partial charge on any atom is 0.222 e. The second kappa shape index (κ2) is 9.55. The second-order valence-electron chi connectivity index (χ2n) is 7.42. The smallest absolute Gasteiger partial charge is 0.222 e. The summed E-state index contributed by atoms with van der Waals surface area (Å²) in [6.45, 7) is 2.21. The third-order valence-electron chi connectivity index (χ3n) is 5.72. The zero-order valence-electron chi connectivity index (χ0n) is 15.9. The zero-order valence-corrected chi connectivity index (χ0v) is 17.6. The summed E-state index contributed by atoms with van der Waals surface area (Å²) in [5.41, 5.74) is 8.67. The number of benzene rings is 2. The van der Waals surface area contributed by atoms with Crippen molar-refractivity contribution in [2.75, 3.05) is 19.6 Å². The molecule has 5 heteroatoms. The molecule has 1 saturated heterocycles. The van der Waals surface area contributed by atoms with Crippen molar-refractivity contribution in [3.05, 3.63) is 71.1 Å². The molecule has 1 amide bonds. The van der Waals surface area contributed by atoms with E-state index in [-0.39, 0.29) is 18.3 Å². The SMILES string of the molecule is Cl.NC[C@@H]1CN(C(=O)CCCc2csc3ccccc23)C[C@H]1c1ccccc1. The van der Waals surface area contributed by atoms with E-state index in [9.17, 15) is 4.79 Å². The van der Waals surface area contributed by atoms with Crippen LogP contribution in [0.25, 0.3) is 10.1 Å². The molecule has 3 aromatic rings. The van der Waals surface area contributed by atoms with Crippen molar-refractivity contribution < 1.29 is 4.79 Å². The van der Waals surface area contributed by atoms with Gasteiger partial charge in [0.05, 0.1) is 0 Å². The topological polar surface area (TPSA) is 46.3 Å². The Morgan fingerprint density at radius 1 is 1.07 bits per heavy atom. The average Bonchev–Trinajstić information content (AvgIpc) is 3.33. The Bertz CT molecular complexity index is 911. The fourth-order valence-corrected chi connectivity index (χ4v) is 5.20. The van der Waals surface area contributed by atoms with Crippen molar-refractivity contribution in [3.8, 4) is 0 Å². The molecular formula is C23H27ClN2OS. The second-order valence-corrected chi connectivity index (χ2v) is 8.33. The predicted octanol–water partition coefficient (Wildman–Crippen LogP) is 4.85. The van der Waals surface area contributed by atoms with Crippen LogP contribution in [0.5, 0.6) is 0 Å². The van der Waals surface area contributed by atoms with Gasteiger partial charge in [0.25, 0.3) is 0 Å². The van der Waals surface area contributed by atoms with Gasteiger partial charge in [0.2, 0.25) is 5.91 Å². The molecule has 0 unspecified atom stereocenters. The van der Waals surface area contributed by atoms with Gasteiger partial charge in [-0.1, -0.05) is 48.5 Å². The number of amides is 1.